The van der Waals surface area contributed by atoms with Gasteiger partial charge in [0.2, 0.25) is 0 Å². The van der Waals surface area contributed by atoms with E-state index >= 15 is 0 Å². The summed E-state index contributed by atoms with van der Waals surface area (Å²) in [6.07, 6.45) is 2.73. The molecule has 0 aliphatic heterocycles. The number of rotatable bonds is 7. The van der Waals surface area contributed by atoms with Crippen LogP contribution in [0.3, 0.4) is 0 Å². The molecule has 0 N–H and O–H groups in total. The molecule has 1 rings (SSSR count). The Labute approximate surface area is 110 Å². The van der Waals surface area contributed by atoms with Gasteiger partial charge in [-0.15, -0.1) is 0 Å². The lowest BCUT2D eigenvalue weighted by Crippen LogP contribution is -1.97. The van der Waals surface area contributed by atoms with Crippen molar-refractivity contribution in [2.45, 2.75) is 33.1 Å². The van der Waals surface area contributed by atoms with Gasteiger partial charge in [0, 0.05) is 6.42 Å². The van der Waals surface area contributed by atoms with Crippen LogP contribution >= 0.6 is 0 Å². The van der Waals surface area contributed by atoms with Crippen LogP contribution in [-0.4, -0.2) is 7.11 Å². The van der Waals surface area contributed by atoms with Crippen molar-refractivity contribution in [2.75, 3.05) is 7.11 Å². The van der Waals surface area contributed by atoms with Gasteiger partial charge in [-0.05, 0) is 37.5 Å². The molecule has 0 atom stereocenters. The van der Waals surface area contributed by atoms with Crippen molar-refractivity contribution in [1.29, 1.82) is 0 Å². The highest BCUT2D eigenvalue weighted by Crippen LogP contribution is 2.30. The van der Waals surface area contributed by atoms with E-state index in [0.29, 0.717) is 0 Å². The van der Waals surface area contributed by atoms with E-state index in [4.69, 9.17) is 9.47 Å². The highest BCUT2D eigenvalue weighted by atomic mass is 16.5. The van der Waals surface area contributed by atoms with Crippen LogP contribution in [0.1, 0.15) is 32.3 Å². The van der Waals surface area contributed by atoms with Crippen LogP contribution < -0.4 is 9.47 Å². The van der Waals surface area contributed by atoms with Gasteiger partial charge in [-0.3, -0.25) is 0 Å². The minimum atomic E-state index is 0.724. The molecule has 0 radical (unpaired) electrons. The standard InChI is InChI=1S/C16H22O2/c1-6-7-13(4)18-15-9-8-14(10-12(2)3)11-16(15)17-5/h8-9,11H,2,4,6-7,10H2,1,3,5H3. The maximum atomic E-state index is 5.69. The molecule has 0 saturated carbocycles. The van der Waals surface area contributed by atoms with E-state index in [1.54, 1.807) is 7.11 Å². The van der Waals surface area contributed by atoms with E-state index < -0.39 is 0 Å². The quantitative estimate of drug-likeness (QED) is 0.520. The highest BCUT2D eigenvalue weighted by Gasteiger charge is 2.07. The van der Waals surface area contributed by atoms with Gasteiger partial charge in [-0.2, -0.15) is 0 Å². The zero-order chi connectivity index (χ0) is 13.5. The van der Waals surface area contributed by atoms with Crippen molar-refractivity contribution in [3.05, 3.63) is 48.3 Å². The first-order chi connectivity index (χ1) is 8.56. The molecule has 0 saturated heterocycles. The van der Waals surface area contributed by atoms with Crippen LogP contribution in [0.25, 0.3) is 0 Å². The first-order valence-electron chi connectivity index (χ1n) is 6.23. The van der Waals surface area contributed by atoms with Gasteiger partial charge >= 0.3 is 0 Å². The Morgan fingerprint density at radius 2 is 1.94 bits per heavy atom. The maximum absolute atomic E-state index is 5.69. The Hall–Kier alpha value is -1.70. The summed E-state index contributed by atoms with van der Waals surface area (Å²) in [5.74, 6) is 2.23. The van der Waals surface area contributed by atoms with Crippen molar-refractivity contribution >= 4 is 0 Å². The molecule has 2 heteroatoms. The van der Waals surface area contributed by atoms with Crippen LogP contribution in [0, 0.1) is 0 Å². The summed E-state index contributed by atoms with van der Waals surface area (Å²) in [6.45, 7) is 11.9. The Bertz CT molecular complexity index is 433. The predicted octanol–water partition coefficient (Wildman–Crippen LogP) is 4.51. The third-order valence-electron chi connectivity index (χ3n) is 2.52. The van der Waals surface area contributed by atoms with Gasteiger partial charge in [0.15, 0.2) is 11.5 Å². The molecule has 1 aromatic carbocycles. The summed E-state index contributed by atoms with van der Waals surface area (Å²) < 4.78 is 11.0. The van der Waals surface area contributed by atoms with Gasteiger partial charge in [-0.25, -0.2) is 0 Å². The number of allylic oxidation sites excluding steroid dienone is 2. The average molecular weight is 246 g/mol. The van der Waals surface area contributed by atoms with Crippen molar-refractivity contribution in [3.8, 4) is 11.5 Å². The predicted molar refractivity (Wildman–Crippen MR) is 76.2 cm³/mol. The zero-order valence-corrected chi connectivity index (χ0v) is 11.6. The topological polar surface area (TPSA) is 18.5 Å². The van der Waals surface area contributed by atoms with Crippen LogP contribution in [-0.2, 0) is 6.42 Å². The molecular formula is C16H22O2. The number of methoxy groups -OCH3 is 1. The fraction of sp³-hybridized carbons (Fsp3) is 0.375. The summed E-state index contributed by atoms with van der Waals surface area (Å²) in [4.78, 5) is 0. The molecule has 0 amide bonds. The minimum absolute atomic E-state index is 0.724. The average Bonchev–Trinajstić information content (AvgIpc) is 2.30. The van der Waals surface area contributed by atoms with E-state index in [1.807, 2.05) is 25.1 Å². The second-order valence-electron chi connectivity index (χ2n) is 4.51. The number of hydrogen-bond acceptors (Lipinski definition) is 2. The van der Waals surface area contributed by atoms with Crippen molar-refractivity contribution in [2.24, 2.45) is 0 Å². The van der Waals surface area contributed by atoms with Crippen molar-refractivity contribution in [3.63, 3.8) is 0 Å². The van der Waals surface area contributed by atoms with E-state index in [-0.39, 0.29) is 0 Å². The third kappa shape index (κ3) is 4.28. The van der Waals surface area contributed by atoms with Crippen LogP contribution in [0.15, 0.2) is 42.7 Å². The second-order valence-corrected chi connectivity index (χ2v) is 4.51. The monoisotopic (exact) mass is 246 g/mol. The van der Waals surface area contributed by atoms with Crippen LogP contribution in [0.2, 0.25) is 0 Å². The third-order valence-corrected chi connectivity index (χ3v) is 2.52. The molecule has 1 aromatic rings. The lowest BCUT2D eigenvalue weighted by molar-refractivity contribution is 0.352. The molecule has 0 spiro atoms. The number of hydrogen-bond donors (Lipinski definition) is 0. The lowest BCUT2D eigenvalue weighted by atomic mass is 10.1. The lowest BCUT2D eigenvalue weighted by Gasteiger charge is -2.13. The normalized spacial score (nSPS) is 9.94. The molecule has 18 heavy (non-hydrogen) atoms. The Morgan fingerprint density at radius 1 is 1.22 bits per heavy atom. The molecule has 0 unspecified atom stereocenters. The van der Waals surface area contributed by atoms with E-state index in [0.717, 1.165) is 42.1 Å². The first-order valence-corrected chi connectivity index (χ1v) is 6.23. The van der Waals surface area contributed by atoms with Gasteiger partial charge < -0.3 is 9.47 Å². The van der Waals surface area contributed by atoms with Gasteiger partial charge in [0.1, 0.15) is 0 Å². The van der Waals surface area contributed by atoms with Crippen molar-refractivity contribution in [1.82, 2.24) is 0 Å². The summed E-state index contributed by atoms with van der Waals surface area (Å²) >= 11 is 0. The zero-order valence-electron chi connectivity index (χ0n) is 11.6. The fourth-order valence-electron chi connectivity index (χ4n) is 1.74. The largest absolute Gasteiger partial charge is 0.493 e. The fourth-order valence-corrected chi connectivity index (χ4v) is 1.74. The van der Waals surface area contributed by atoms with Crippen molar-refractivity contribution < 1.29 is 9.47 Å². The van der Waals surface area contributed by atoms with Crippen LogP contribution in [0.5, 0.6) is 11.5 Å². The number of benzene rings is 1. The van der Waals surface area contributed by atoms with E-state index in [1.165, 1.54) is 5.56 Å². The first kappa shape index (κ1) is 14.4. The highest BCUT2D eigenvalue weighted by molar-refractivity contribution is 5.44. The Morgan fingerprint density at radius 3 is 2.50 bits per heavy atom. The molecular weight excluding hydrogens is 224 g/mol. The van der Waals surface area contributed by atoms with Gasteiger partial charge in [-0.1, -0.05) is 31.7 Å². The maximum Gasteiger partial charge on any atom is 0.168 e. The minimum Gasteiger partial charge on any atom is -0.493 e. The van der Waals surface area contributed by atoms with Gasteiger partial charge in [0.25, 0.3) is 0 Å². The van der Waals surface area contributed by atoms with E-state index in [2.05, 4.69) is 20.1 Å². The number of ether oxygens (including phenoxy) is 2. The molecule has 2 nitrogen and oxygen atoms in total. The van der Waals surface area contributed by atoms with Gasteiger partial charge in [0.05, 0.1) is 12.9 Å². The Balaban J connectivity index is 2.86. The molecule has 0 fully saturated rings. The molecule has 0 heterocycles. The Kier molecular flexibility index (Phi) is 5.50. The van der Waals surface area contributed by atoms with E-state index in [9.17, 15) is 0 Å². The summed E-state index contributed by atoms with van der Waals surface area (Å²) in [5, 5.41) is 0. The molecule has 0 aliphatic carbocycles. The SMILES string of the molecule is C=C(C)Cc1ccc(OC(=C)CCC)c(OC)c1. The molecule has 0 aliphatic rings. The molecule has 98 valence electrons. The second kappa shape index (κ2) is 6.90. The molecule has 0 bridgehead atoms. The smallest absolute Gasteiger partial charge is 0.168 e. The van der Waals surface area contributed by atoms with Crippen LogP contribution in [0.4, 0.5) is 0 Å². The summed E-state index contributed by atoms with van der Waals surface area (Å²) in [6, 6.07) is 5.95. The summed E-state index contributed by atoms with van der Waals surface area (Å²) in [7, 11) is 1.65. The molecule has 0 aromatic heterocycles. The summed E-state index contributed by atoms with van der Waals surface area (Å²) in [5.41, 5.74) is 2.30.